The Morgan fingerprint density at radius 1 is 1.23 bits per heavy atom. The summed E-state index contributed by atoms with van der Waals surface area (Å²) in [5.74, 6) is 0.826. The van der Waals surface area contributed by atoms with Gasteiger partial charge in [-0.2, -0.15) is 0 Å². The second-order valence-electron chi connectivity index (χ2n) is 6.64. The number of benzene rings is 1. The highest BCUT2D eigenvalue weighted by molar-refractivity contribution is 5.76. The number of ether oxygens (including phenoxy) is 1. The maximum atomic E-state index is 12.1. The Balaban J connectivity index is 2.43. The fourth-order valence-electron chi connectivity index (χ4n) is 3.16. The van der Waals surface area contributed by atoms with Gasteiger partial charge in [-0.05, 0) is 44.4 Å². The topological polar surface area (TPSA) is 88.7 Å². The Morgan fingerprint density at radius 3 is 2.23 bits per heavy atom. The molecule has 0 aliphatic heterocycles. The molecular weight excluding hydrogens is 334 g/mol. The van der Waals surface area contributed by atoms with E-state index in [1.807, 2.05) is 51.7 Å². The summed E-state index contributed by atoms with van der Waals surface area (Å²) >= 11 is 0. The molecule has 7 heteroatoms. The Labute approximate surface area is 154 Å². The quantitative estimate of drug-likeness (QED) is 0.771. The first-order valence-electron chi connectivity index (χ1n) is 8.73. The summed E-state index contributed by atoms with van der Waals surface area (Å²) in [5, 5.41) is 17.9. The number of aryl methyl sites for hydroxylation is 3. The molecule has 1 aromatic heterocycles. The van der Waals surface area contributed by atoms with Gasteiger partial charge in [0.15, 0.2) is 0 Å². The number of carbonyl (C=O) groups is 1. The van der Waals surface area contributed by atoms with E-state index in [1.54, 1.807) is 7.11 Å². The van der Waals surface area contributed by atoms with E-state index in [2.05, 4.69) is 10.2 Å². The van der Waals surface area contributed by atoms with E-state index >= 15 is 0 Å². The van der Waals surface area contributed by atoms with Gasteiger partial charge < -0.3 is 14.3 Å². The second-order valence-corrected chi connectivity index (χ2v) is 6.64. The van der Waals surface area contributed by atoms with Crippen molar-refractivity contribution in [2.45, 2.75) is 59.7 Å². The van der Waals surface area contributed by atoms with Crippen LogP contribution in [-0.2, 0) is 17.8 Å². The first kappa shape index (κ1) is 19.9. The van der Waals surface area contributed by atoms with Crippen LogP contribution in [0.25, 0.3) is 0 Å². The first-order chi connectivity index (χ1) is 12.3. The lowest BCUT2D eigenvalue weighted by molar-refractivity contribution is -0.145. The van der Waals surface area contributed by atoms with Gasteiger partial charge in [-0.25, -0.2) is 0 Å². The van der Waals surface area contributed by atoms with Crippen molar-refractivity contribution in [2.75, 3.05) is 7.11 Å². The predicted molar refractivity (Wildman–Crippen MR) is 97.2 cm³/mol. The number of nitrogens with zero attached hydrogens (tertiary/aromatic N) is 3. The van der Waals surface area contributed by atoms with Crippen molar-refractivity contribution in [1.29, 1.82) is 0 Å². The molecule has 0 aliphatic carbocycles. The predicted octanol–water partition coefficient (Wildman–Crippen LogP) is 3.29. The monoisotopic (exact) mass is 361 g/mol. The van der Waals surface area contributed by atoms with Crippen LogP contribution in [0.3, 0.4) is 0 Å². The largest absolute Gasteiger partial charge is 0.496 e. The molecule has 7 nitrogen and oxygen atoms in total. The summed E-state index contributed by atoms with van der Waals surface area (Å²) in [4.78, 5) is 14.0. The smallest absolute Gasteiger partial charge is 0.325 e. The molecule has 0 saturated heterocycles. The molecule has 0 unspecified atom stereocenters. The molecule has 0 saturated carbocycles. The van der Waals surface area contributed by atoms with E-state index in [-0.39, 0.29) is 12.6 Å². The van der Waals surface area contributed by atoms with Crippen molar-refractivity contribution in [2.24, 2.45) is 0 Å². The van der Waals surface area contributed by atoms with Crippen LogP contribution >= 0.6 is 0 Å². The van der Waals surface area contributed by atoms with Crippen molar-refractivity contribution in [3.63, 3.8) is 0 Å². The lowest BCUT2D eigenvalue weighted by atomic mass is 9.98. The molecule has 2 aromatic rings. The number of carboxylic acid groups (broad SMARTS) is 1. The van der Waals surface area contributed by atoms with Crippen LogP contribution < -0.4 is 4.74 Å². The van der Waals surface area contributed by atoms with Gasteiger partial charge in [-0.3, -0.25) is 9.69 Å². The fourth-order valence-corrected chi connectivity index (χ4v) is 3.16. The maximum Gasteiger partial charge on any atom is 0.325 e. The molecule has 0 fully saturated rings. The first-order valence-corrected chi connectivity index (χ1v) is 8.73. The molecule has 1 heterocycles. The summed E-state index contributed by atoms with van der Waals surface area (Å²) in [6.45, 7) is 9.94. The SMILES string of the molecule is CCc1nnc(CN(C(C)C)[C@@H](C(=O)O)c2cc(C)c(OC)c(C)c2)o1. The van der Waals surface area contributed by atoms with Crippen molar-refractivity contribution in [3.05, 3.63) is 40.6 Å². The lowest BCUT2D eigenvalue weighted by Gasteiger charge is -2.32. The van der Waals surface area contributed by atoms with Gasteiger partial charge in [-0.1, -0.05) is 19.1 Å². The van der Waals surface area contributed by atoms with Gasteiger partial charge in [0.25, 0.3) is 0 Å². The minimum atomic E-state index is -0.919. The summed E-state index contributed by atoms with van der Waals surface area (Å²) < 4.78 is 11.0. The Morgan fingerprint density at radius 2 is 1.81 bits per heavy atom. The molecule has 0 aliphatic rings. The highest BCUT2D eigenvalue weighted by Gasteiger charge is 2.31. The van der Waals surface area contributed by atoms with E-state index in [0.717, 1.165) is 16.9 Å². The van der Waals surface area contributed by atoms with Crippen LogP contribution in [0, 0.1) is 13.8 Å². The van der Waals surface area contributed by atoms with Gasteiger partial charge >= 0.3 is 5.97 Å². The average Bonchev–Trinajstić information content (AvgIpc) is 3.01. The molecule has 1 aromatic carbocycles. The molecule has 2 rings (SSSR count). The fraction of sp³-hybridized carbons (Fsp3) is 0.526. The van der Waals surface area contributed by atoms with Crippen molar-refractivity contribution >= 4 is 5.97 Å². The zero-order valence-electron chi connectivity index (χ0n) is 16.2. The highest BCUT2D eigenvalue weighted by Crippen LogP contribution is 2.31. The van der Waals surface area contributed by atoms with Gasteiger partial charge in [0.1, 0.15) is 11.8 Å². The number of aliphatic carboxylic acids is 1. The number of hydrogen-bond donors (Lipinski definition) is 1. The number of carboxylic acids is 1. The molecule has 0 bridgehead atoms. The Bertz CT molecular complexity index is 747. The van der Waals surface area contributed by atoms with Crippen LogP contribution in [0.1, 0.15) is 55.3 Å². The normalized spacial score (nSPS) is 12.6. The van der Waals surface area contributed by atoms with Crippen LogP contribution in [0.15, 0.2) is 16.5 Å². The minimum Gasteiger partial charge on any atom is -0.496 e. The molecule has 1 N–H and O–H groups in total. The molecule has 0 radical (unpaired) electrons. The summed E-state index contributed by atoms with van der Waals surface area (Å²) in [6.07, 6.45) is 0.647. The van der Waals surface area contributed by atoms with E-state index in [4.69, 9.17) is 9.15 Å². The van der Waals surface area contributed by atoms with E-state index in [1.165, 1.54) is 0 Å². The summed E-state index contributed by atoms with van der Waals surface area (Å²) in [6, 6.07) is 2.88. The van der Waals surface area contributed by atoms with Crippen molar-refractivity contribution in [1.82, 2.24) is 15.1 Å². The highest BCUT2D eigenvalue weighted by atomic mass is 16.5. The molecular formula is C19H27N3O4. The summed E-state index contributed by atoms with van der Waals surface area (Å²) in [7, 11) is 1.62. The van der Waals surface area contributed by atoms with Gasteiger partial charge in [0, 0.05) is 12.5 Å². The third-order valence-corrected chi connectivity index (χ3v) is 4.36. The summed E-state index contributed by atoms with van der Waals surface area (Å²) in [5.41, 5.74) is 2.52. The van der Waals surface area contributed by atoms with Crippen molar-refractivity contribution < 1.29 is 19.1 Å². The molecule has 1 atom stereocenters. The molecule has 142 valence electrons. The Kier molecular flexibility index (Phi) is 6.37. The van der Waals surface area contributed by atoms with E-state index in [0.29, 0.717) is 23.8 Å². The van der Waals surface area contributed by atoms with Crippen LogP contribution in [0.4, 0.5) is 0 Å². The third kappa shape index (κ3) is 4.22. The Hall–Kier alpha value is -2.41. The van der Waals surface area contributed by atoms with Gasteiger partial charge in [0.2, 0.25) is 11.8 Å². The zero-order valence-corrected chi connectivity index (χ0v) is 16.2. The van der Waals surface area contributed by atoms with Gasteiger partial charge in [-0.15, -0.1) is 10.2 Å². The number of aromatic nitrogens is 2. The molecule has 0 amide bonds. The average molecular weight is 361 g/mol. The lowest BCUT2D eigenvalue weighted by Crippen LogP contribution is -2.38. The van der Waals surface area contributed by atoms with E-state index in [9.17, 15) is 9.90 Å². The number of rotatable bonds is 8. The van der Waals surface area contributed by atoms with Crippen molar-refractivity contribution in [3.8, 4) is 5.75 Å². The van der Waals surface area contributed by atoms with Crippen LogP contribution in [-0.4, -0.2) is 39.3 Å². The number of hydrogen-bond acceptors (Lipinski definition) is 6. The molecule has 0 spiro atoms. The van der Waals surface area contributed by atoms with Crippen LogP contribution in [0.5, 0.6) is 5.75 Å². The number of methoxy groups -OCH3 is 1. The minimum absolute atomic E-state index is 0.0317. The second kappa shape index (κ2) is 8.31. The van der Waals surface area contributed by atoms with Gasteiger partial charge in [0.05, 0.1) is 13.7 Å². The third-order valence-electron chi connectivity index (χ3n) is 4.36. The maximum absolute atomic E-state index is 12.1. The standard InChI is InChI=1S/C19H27N3O4/c1-7-15-20-21-16(26-15)10-22(11(2)3)17(19(23)24)14-8-12(4)18(25-6)13(5)9-14/h8-9,11,17H,7,10H2,1-6H3,(H,23,24)/t17-/m1/s1. The zero-order chi connectivity index (χ0) is 19.4. The van der Waals surface area contributed by atoms with E-state index < -0.39 is 12.0 Å². The van der Waals surface area contributed by atoms with Crippen LogP contribution in [0.2, 0.25) is 0 Å². The molecule has 26 heavy (non-hydrogen) atoms.